The fraction of sp³-hybridized carbons (Fsp3) is 0.750. The fourth-order valence-corrected chi connectivity index (χ4v) is 5.65. The molecule has 0 bridgehead atoms. The Morgan fingerprint density at radius 3 is 1.70 bits per heavy atom. The van der Waals surface area contributed by atoms with Crippen LogP contribution in [0.5, 0.6) is 5.75 Å². The number of alkyl halides is 3. The van der Waals surface area contributed by atoms with Crippen LogP contribution in [-0.4, -0.2) is 6.36 Å². The highest BCUT2D eigenvalue weighted by atomic mass is 19.4. The fourth-order valence-electron chi connectivity index (χ4n) is 5.65. The maximum atomic E-state index is 13.9. The first-order valence-electron chi connectivity index (χ1n) is 11.5. The summed E-state index contributed by atoms with van der Waals surface area (Å²) in [6.45, 7) is 2.26. The Bertz CT molecular complexity index is 648. The molecule has 0 aliphatic heterocycles. The minimum atomic E-state index is -5.11. The molecular weight excluding hydrogens is 399 g/mol. The van der Waals surface area contributed by atoms with Crippen molar-refractivity contribution in [2.45, 2.75) is 90.3 Å². The number of rotatable bonds is 7. The van der Waals surface area contributed by atoms with Crippen LogP contribution in [0.1, 0.15) is 83.1 Å². The number of aryl methyl sites for hydroxylation is 1. The van der Waals surface area contributed by atoms with E-state index < -0.39 is 23.7 Å². The average molecular weight is 433 g/mol. The van der Waals surface area contributed by atoms with Gasteiger partial charge in [0.2, 0.25) is 5.75 Å². The van der Waals surface area contributed by atoms with Crippen LogP contribution in [0.3, 0.4) is 0 Å². The first-order chi connectivity index (χ1) is 14.2. The zero-order valence-electron chi connectivity index (χ0n) is 17.7. The molecule has 0 atom stereocenters. The lowest BCUT2D eigenvalue weighted by molar-refractivity contribution is -0.276. The summed E-state index contributed by atoms with van der Waals surface area (Å²) in [6.07, 6.45) is 9.05. The number of ether oxygens (including phenoxy) is 1. The van der Waals surface area contributed by atoms with Gasteiger partial charge < -0.3 is 4.74 Å². The molecule has 2 saturated carbocycles. The van der Waals surface area contributed by atoms with Crippen LogP contribution < -0.4 is 4.74 Å². The highest BCUT2D eigenvalue weighted by molar-refractivity contribution is 5.31. The van der Waals surface area contributed by atoms with Crippen LogP contribution in [0.25, 0.3) is 0 Å². The summed E-state index contributed by atoms with van der Waals surface area (Å²) in [5.74, 6) is -0.845. The van der Waals surface area contributed by atoms with Crippen molar-refractivity contribution in [2.24, 2.45) is 23.7 Å². The van der Waals surface area contributed by atoms with Crippen molar-refractivity contribution in [3.8, 4) is 5.75 Å². The van der Waals surface area contributed by atoms with Gasteiger partial charge in [0.1, 0.15) is 0 Å². The molecule has 30 heavy (non-hydrogen) atoms. The predicted molar refractivity (Wildman–Crippen MR) is 107 cm³/mol. The summed E-state index contributed by atoms with van der Waals surface area (Å²) in [6, 6.07) is 1.93. The molecule has 0 saturated heterocycles. The molecule has 0 unspecified atom stereocenters. The van der Waals surface area contributed by atoms with Gasteiger partial charge in [-0.25, -0.2) is 8.78 Å². The summed E-state index contributed by atoms with van der Waals surface area (Å²) in [5, 5.41) is 0. The highest BCUT2D eigenvalue weighted by Gasteiger charge is 2.34. The molecule has 0 spiro atoms. The van der Waals surface area contributed by atoms with Gasteiger partial charge in [0.15, 0.2) is 11.6 Å². The number of hydrogen-bond acceptors (Lipinski definition) is 1. The first kappa shape index (κ1) is 23.3. The second-order valence-corrected chi connectivity index (χ2v) is 9.33. The molecule has 0 amide bonds. The van der Waals surface area contributed by atoms with Gasteiger partial charge in [-0.2, -0.15) is 0 Å². The van der Waals surface area contributed by atoms with Gasteiger partial charge in [0, 0.05) is 0 Å². The second-order valence-electron chi connectivity index (χ2n) is 9.33. The topological polar surface area (TPSA) is 9.23 Å². The van der Waals surface area contributed by atoms with E-state index in [-0.39, 0.29) is 0 Å². The lowest BCUT2D eigenvalue weighted by Gasteiger charge is -2.38. The van der Waals surface area contributed by atoms with E-state index in [4.69, 9.17) is 0 Å². The first-order valence-corrected chi connectivity index (χ1v) is 11.5. The molecule has 0 heterocycles. The van der Waals surface area contributed by atoms with Crippen LogP contribution in [-0.2, 0) is 6.42 Å². The third kappa shape index (κ3) is 6.58. The van der Waals surface area contributed by atoms with Gasteiger partial charge in [0.05, 0.1) is 0 Å². The molecule has 0 radical (unpaired) electrons. The summed E-state index contributed by atoms with van der Waals surface area (Å²) in [7, 11) is 0. The van der Waals surface area contributed by atoms with E-state index in [1.54, 1.807) is 0 Å². The largest absolute Gasteiger partial charge is 0.573 e. The van der Waals surface area contributed by atoms with Gasteiger partial charge in [-0.1, -0.05) is 45.4 Å². The van der Waals surface area contributed by atoms with Crippen molar-refractivity contribution in [2.75, 3.05) is 0 Å². The number of halogens is 5. The minimum Gasteiger partial charge on any atom is -0.399 e. The van der Waals surface area contributed by atoms with E-state index in [2.05, 4.69) is 11.7 Å². The zero-order chi connectivity index (χ0) is 21.7. The third-order valence-corrected chi connectivity index (χ3v) is 7.26. The Kier molecular flexibility index (Phi) is 8.03. The Hall–Kier alpha value is -1.33. The molecule has 3 rings (SSSR count). The second kappa shape index (κ2) is 10.3. The highest BCUT2D eigenvalue weighted by Crippen LogP contribution is 2.43. The van der Waals surface area contributed by atoms with Crippen LogP contribution in [0, 0.1) is 35.3 Å². The summed E-state index contributed by atoms with van der Waals surface area (Å²) < 4.78 is 68.0. The molecule has 0 aromatic heterocycles. The van der Waals surface area contributed by atoms with E-state index in [1.165, 1.54) is 51.4 Å². The van der Waals surface area contributed by atoms with Gasteiger partial charge in [-0.05, 0) is 79.9 Å². The van der Waals surface area contributed by atoms with Crippen molar-refractivity contribution >= 4 is 0 Å². The van der Waals surface area contributed by atoms with E-state index in [0.29, 0.717) is 17.9 Å². The summed E-state index contributed by atoms with van der Waals surface area (Å²) >= 11 is 0. The number of hydrogen-bond donors (Lipinski definition) is 0. The van der Waals surface area contributed by atoms with Crippen molar-refractivity contribution < 1.29 is 26.7 Å². The zero-order valence-corrected chi connectivity index (χ0v) is 17.7. The Morgan fingerprint density at radius 2 is 1.27 bits per heavy atom. The van der Waals surface area contributed by atoms with Crippen molar-refractivity contribution in [1.29, 1.82) is 0 Å². The van der Waals surface area contributed by atoms with Gasteiger partial charge in [-0.3, -0.25) is 0 Å². The SMILES string of the molecule is CCCC1CCC(C2CCC(CCc3cc(F)c(OC(F)(F)F)c(F)c3)CC2)CC1. The predicted octanol–water partition coefficient (Wildman–Crippen LogP) is 8.21. The van der Waals surface area contributed by atoms with Crippen LogP contribution in [0.2, 0.25) is 0 Å². The van der Waals surface area contributed by atoms with Crippen LogP contribution in [0.4, 0.5) is 22.0 Å². The summed E-state index contributed by atoms with van der Waals surface area (Å²) in [5.41, 5.74) is 0.385. The lowest BCUT2D eigenvalue weighted by atomic mass is 9.68. The maximum absolute atomic E-state index is 13.9. The molecular formula is C24H33F5O. The Labute approximate surface area is 176 Å². The molecule has 1 nitrogen and oxygen atoms in total. The van der Waals surface area contributed by atoms with Gasteiger partial charge >= 0.3 is 6.36 Å². The molecule has 1 aromatic rings. The smallest absolute Gasteiger partial charge is 0.399 e. The van der Waals surface area contributed by atoms with E-state index in [9.17, 15) is 22.0 Å². The van der Waals surface area contributed by atoms with Gasteiger partial charge in [-0.15, -0.1) is 13.2 Å². The molecule has 2 aliphatic rings. The summed E-state index contributed by atoms with van der Waals surface area (Å²) in [4.78, 5) is 0. The van der Waals surface area contributed by atoms with Crippen molar-refractivity contribution in [3.05, 3.63) is 29.3 Å². The van der Waals surface area contributed by atoms with Crippen molar-refractivity contribution in [1.82, 2.24) is 0 Å². The van der Waals surface area contributed by atoms with Gasteiger partial charge in [0.25, 0.3) is 0 Å². The molecule has 6 heteroatoms. The molecule has 0 N–H and O–H groups in total. The Balaban J connectivity index is 1.44. The normalized spacial score (nSPS) is 27.8. The maximum Gasteiger partial charge on any atom is 0.573 e. The molecule has 2 fully saturated rings. The van der Waals surface area contributed by atoms with E-state index in [0.717, 1.165) is 49.1 Å². The molecule has 170 valence electrons. The molecule has 1 aromatic carbocycles. The minimum absolute atomic E-state index is 0.385. The standard InChI is InChI=1S/C24H33F5O/c1-2-3-16-6-10-19(11-7-16)20-12-8-17(9-13-20)4-5-18-14-21(25)23(22(26)15-18)30-24(27,28)29/h14-17,19-20H,2-13H2,1H3. The lowest BCUT2D eigenvalue weighted by Crippen LogP contribution is -2.26. The molecule has 2 aliphatic carbocycles. The average Bonchev–Trinajstić information content (AvgIpc) is 2.70. The van der Waals surface area contributed by atoms with Crippen LogP contribution in [0.15, 0.2) is 12.1 Å². The van der Waals surface area contributed by atoms with E-state index >= 15 is 0 Å². The quantitative estimate of drug-likeness (QED) is 0.395. The monoisotopic (exact) mass is 432 g/mol. The van der Waals surface area contributed by atoms with Crippen LogP contribution >= 0.6 is 0 Å². The third-order valence-electron chi connectivity index (χ3n) is 7.26. The Morgan fingerprint density at radius 1 is 0.800 bits per heavy atom. The number of benzene rings is 1. The van der Waals surface area contributed by atoms with Crippen molar-refractivity contribution in [3.63, 3.8) is 0 Å². The van der Waals surface area contributed by atoms with E-state index in [1.807, 2.05) is 0 Å².